The van der Waals surface area contributed by atoms with Gasteiger partial charge >= 0.3 is 0 Å². The summed E-state index contributed by atoms with van der Waals surface area (Å²) >= 11 is 1.87. The number of aromatic amines is 1. The van der Waals surface area contributed by atoms with Crippen LogP contribution in [0.1, 0.15) is 24.2 Å². The van der Waals surface area contributed by atoms with E-state index in [1.165, 1.54) is 0 Å². The number of H-pyrrole nitrogens is 1. The number of aryl methyl sites for hydroxylation is 1. The standard InChI is InChI=1S/C13H24N4OS/c1-11-12(17-10-16-11)7-19-6-5-15-9-13(18)3-2-4-14-8-13/h10,14-15,18H,2-9H2,1H3,(H,16,17)/t13-/m1/s1. The maximum atomic E-state index is 10.3. The Hall–Kier alpha value is -0.560. The van der Waals surface area contributed by atoms with Gasteiger partial charge in [-0.05, 0) is 26.3 Å². The third kappa shape index (κ3) is 4.80. The number of piperidine rings is 1. The number of aromatic nitrogens is 2. The van der Waals surface area contributed by atoms with Crippen LogP contribution in [-0.2, 0) is 5.75 Å². The van der Waals surface area contributed by atoms with Gasteiger partial charge in [-0.2, -0.15) is 11.8 Å². The van der Waals surface area contributed by atoms with E-state index >= 15 is 0 Å². The summed E-state index contributed by atoms with van der Waals surface area (Å²) in [6.07, 6.45) is 3.70. The van der Waals surface area contributed by atoms with Crippen LogP contribution in [0.4, 0.5) is 0 Å². The molecule has 0 amide bonds. The van der Waals surface area contributed by atoms with E-state index in [0.29, 0.717) is 13.1 Å². The highest BCUT2D eigenvalue weighted by Gasteiger charge is 2.28. The molecule has 0 spiro atoms. The van der Waals surface area contributed by atoms with Crippen molar-refractivity contribution in [3.8, 4) is 0 Å². The van der Waals surface area contributed by atoms with Crippen molar-refractivity contribution in [2.75, 3.05) is 31.9 Å². The van der Waals surface area contributed by atoms with Gasteiger partial charge in [0.15, 0.2) is 0 Å². The second-order valence-electron chi connectivity index (χ2n) is 5.21. The largest absolute Gasteiger partial charge is 0.387 e. The van der Waals surface area contributed by atoms with Crippen molar-refractivity contribution in [2.45, 2.75) is 31.1 Å². The van der Waals surface area contributed by atoms with Crippen LogP contribution in [0.5, 0.6) is 0 Å². The van der Waals surface area contributed by atoms with E-state index in [4.69, 9.17) is 0 Å². The highest BCUT2D eigenvalue weighted by Crippen LogP contribution is 2.15. The molecule has 1 aliphatic heterocycles. The molecule has 5 nitrogen and oxygen atoms in total. The Morgan fingerprint density at radius 1 is 1.58 bits per heavy atom. The lowest BCUT2D eigenvalue weighted by Crippen LogP contribution is -2.52. The van der Waals surface area contributed by atoms with Crippen LogP contribution in [-0.4, -0.2) is 52.6 Å². The first-order valence-electron chi connectivity index (χ1n) is 6.90. The highest BCUT2D eigenvalue weighted by atomic mass is 32.2. The van der Waals surface area contributed by atoms with Crippen molar-refractivity contribution >= 4 is 11.8 Å². The Morgan fingerprint density at radius 2 is 2.47 bits per heavy atom. The number of β-amino-alcohol motifs (C(OH)–C–C–N with tert-alkyl or cyclic N) is 1. The molecule has 4 N–H and O–H groups in total. The molecule has 1 fully saturated rings. The minimum Gasteiger partial charge on any atom is -0.387 e. The minimum absolute atomic E-state index is 0.554. The summed E-state index contributed by atoms with van der Waals surface area (Å²) in [4.78, 5) is 7.36. The molecule has 108 valence electrons. The second kappa shape index (κ2) is 7.28. The fourth-order valence-corrected chi connectivity index (χ4v) is 3.19. The molecule has 2 rings (SSSR count). The first kappa shape index (κ1) is 14.8. The van der Waals surface area contributed by atoms with E-state index in [-0.39, 0.29) is 0 Å². The number of rotatable bonds is 7. The molecule has 6 heteroatoms. The van der Waals surface area contributed by atoms with Crippen molar-refractivity contribution in [3.05, 3.63) is 17.7 Å². The number of hydrogen-bond acceptors (Lipinski definition) is 5. The highest BCUT2D eigenvalue weighted by molar-refractivity contribution is 7.98. The summed E-state index contributed by atoms with van der Waals surface area (Å²) in [6.45, 7) is 5.39. The van der Waals surface area contributed by atoms with Gasteiger partial charge in [0.1, 0.15) is 0 Å². The Bertz CT molecular complexity index is 376. The first-order valence-corrected chi connectivity index (χ1v) is 8.05. The van der Waals surface area contributed by atoms with Gasteiger partial charge in [0, 0.05) is 36.8 Å². The lowest BCUT2D eigenvalue weighted by atomic mass is 9.94. The third-order valence-corrected chi connectivity index (χ3v) is 4.47. The first-order chi connectivity index (χ1) is 9.20. The molecule has 1 aromatic rings. The predicted octanol–water partition coefficient (Wildman–Crippen LogP) is 0.655. The molecular formula is C13H24N4OS. The Balaban J connectivity index is 1.53. The van der Waals surface area contributed by atoms with Gasteiger partial charge in [0.05, 0.1) is 17.6 Å². The third-order valence-electron chi connectivity index (χ3n) is 3.50. The van der Waals surface area contributed by atoms with Crippen molar-refractivity contribution in [1.82, 2.24) is 20.6 Å². The lowest BCUT2D eigenvalue weighted by Gasteiger charge is -2.32. The van der Waals surface area contributed by atoms with Gasteiger partial charge in [-0.3, -0.25) is 0 Å². The number of imidazole rings is 1. The fraction of sp³-hybridized carbons (Fsp3) is 0.769. The van der Waals surface area contributed by atoms with Crippen LogP contribution in [0, 0.1) is 6.92 Å². The summed E-state index contributed by atoms with van der Waals surface area (Å²) in [6, 6.07) is 0. The number of hydrogen-bond donors (Lipinski definition) is 4. The minimum atomic E-state index is -0.554. The summed E-state index contributed by atoms with van der Waals surface area (Å²) in [5.74, 6) is 1.98. The summed E-state index contributed by atoms with van der Waals surface area (Å²) in [7, 11) is 0. The van der Waals surface area contributed by atoms with E-state index < -0.39 is 5.60 Å². The zero-order valence-corrected chi connectivity index (χ0v) is 12.4. The number of nitrogens with one attached hydrogen (secondary N) is 3. The predicted molar refractivity (Wildman–Crippen MR) is 79.4 cm³/mol. The topological polar surface area (TPSA) is 73.0 Å². The maximum absolute atomic E-state index is 10.3. The molecule has 0 aromatic carbocycles. The summed E-state index contributed by atoms with van der Waals surface area (Å²) in [5.41, 5.74) is 1.74. The monoisotopic (exact) mass is 284 g/mol. The average Bonchev–Trinajstić information content (AvgIpc) is 2.80. The van der Waals surface area contributed by atoms with Crippen LogP contribution in [0.2, 0.25) is 0 Å². The molecule has 0 unspecified atom stereocenters. The summed E-state index contributed by atoms with van der Waals surface area (Å²) < 4.78 is 0. The van der Waals surface area contributed by atoms with Gasteiger partial charge in [0.2, 0.25) is 0 Å². The molecule has 1 aliphatic rings. The molecule has 19 heavy (non-hydrogen) atoms. The van der Waals surface area contributed by atoms with Crippen LogP contribution in [0.3, 0.4) is 0 Å². The normalized spacial score (nSPS) is 23.7. The van der Waals surface area contributed by atoms with Crippen molar-refractivity contribution in [2.24, 2.45) is 0 Å². The van der Waals surface area contributed by atoms with Crippen molar-refractivity contribution in [3.63, 3.8) is 0 Å². The molecule has 0 bridgehead atoms. The Kier molecular flexibility index (Phi) is 5.69. The molecule has 2 heterocycles. The van der Waals surface area contributed by atoms with Gasteiger partial charge in [0.25, 0.3) is 0 Å². The maximum Gasteiger partial charge on any atom is 0.0925 e. The van der Waals surface area contributed by atoms with Gasteiger partial charge in [-0.15, -0.1) is 0 Å². The Labute approximate surface area is 119 Å². The van der Waals surface area contributed by atoms with Crippen LogP contribution in [0.15, 0.2) is 6.33 Å². The van der Waals surface area contributed by atoms with E-state index in [1.54, 1.807) is 6.33 Å². The molecular weight excluding hydrogens is 260 g/mol. The quantitative estimate of drug-likeness (QED) is 0.554. The van der Waals surface area contributed by atoms with Gasteiger partial charge in [-0.25, -0.2) is 4.98 Å². The molecule has 0 saturated carbocycles. The lowest BCUT2D eigenvalue weighted by molar-refractivity contribution is 0.0177. The van der Waals surface area contributed by atoms with Gasteiger partial charge < -0.3 is 20.7 Å². The molecule has 1 atom stereocenters. The van der Waals surface area contributed by atoms with E-state index in [9.17, 15) is 5.11 Å². The molecule has 1 aromatic heterocycles. The Morgan fingerprint density at radius 3 is 3.16 bits per heavy atom. The summed E-state index contributed by atoms with van der Waals surface area (Å²) in [5, 5.41) is 16.9. The average molecular weight is 284 g/mol. The second-order valence-corrected chi connectivity index (χ2v) is 6.31. The van der Waals surface area contributed by atoms with Crippen molar-refractivity contribution < 1.29 is 5.11 Å². The number of aliphatic hydroxyl groups is 1. The zero-order chi connectivity index (χ0) is 13.6. The zero-order valence-electron chi connectivity index (χ0n) is 11.5. The van der Waals surface area contributed by atoms with Crippen LogP contribution < -0.4 is 10.6 Å². The molecule has 0 aliphatic carbocycles. The van der Waals surface area contributed by atoms with E-state index in [0.717, 1.165) is 48.8 Å². The van der Waals surface area contributed by atoms with Gasteiger partial charge in [-0.1, -0.05) is 0 Å². The van der Waals surface area contributed by atoms with Crippen LogP contribution in [0.25, 0.3) is 0 Å². The molecule has 0 radical (unpaired) electrons. The number of nitrogens with zero attached hydrogens (tertiary/aromatic N) is 1. The SMILES string of the molecule is Cc1[nH]cnc1CSCCNC[C@@]1(O)CCCNC1. The smallest absolute Gasteiger partial charge is 0.0925 e. The fourth-order valence-electron chi connectivity index (χ4n) is 2.27. The van der Waals surface area contributed by atoms with Crippen molar-refractivity contribution in [1.29, 1.82) is 0 Å². The van der Waals surface area contributed by atoms with E-state index in [2.05, 4.69) is 20.6 Å². The van der Waals surface area contributed by atoms with Crippen LogP contribution >= 0.6 is 11.8 Å². The van der Waals surface area contributed by atoms with E-state index in [1.807, 2.05) is 18.7 Å². The molecule has 1 saturated heterocycles. The number of thioether (sulfide) groups is 1.